The van der Waals surface area contributed by atoms with Gasteiger partial charge in [0.2, 0.25) is 0 Å². The number of hydrogen-bond donors (Lipinski definition) is 1. The minimum Gasteiger partial charge on any atom is -0.389 e. The van der Waals surface area contributed by atoms with Crippen LogP contribution in [0.3, 0.4) is 0 Å². The Kier molecular flexibility index (Phi) is 3.80. The third-order valence-corrected chi connectivity index (χ3v) is 5.50. The molecule has 1 aliphatic rings. The van der Waals surface area contributed by atoms with Crippen molar-refractivity contribution in [3.8, 4) is 0 Å². The lowest BCUT2D eigenvalue weighted by Crippen LogP contribution is -2.44. The first-order valence-corrected chi connectivity index (χ1v) is 7.82. The molecule has 1 unspecified atom stereocenters. The number of thioether (sulfide) groups is 1. The van der Waals surface area contributed by atoms with Crippen LogP contribution >= 0.6 is 11.8 Å². The van der Waals surface area contributed by atoms with Crippen molar-refractivity contribution in [2.75, 3.05) is 11.5 Å². The van der Waals surface area contributed by atoms with Crippen LogP contribution in [0.4, 0.5) is 0 Å². The second-order valence-electron chi connectivity index (χ2n) is 6.65. The predicted molar refractivity (Wildman–Crippen MR) is 80.3 cm³/mol. The third-order valence-electron chi connectivity index (χ3n) is 3.78. The number of aryl methyl sites for hydroxylation is 2. The number of aliphatic hydroxyl groups is 1. The van der Waals surface area contributed by atoms with Crippen molar-refractivity contribution < 1.29 is 5.11 Å². The quantitative estimate of drug-likeness (QED) is 0.878. The molecule has 0 saturated carbocycles. The maximum Gasteiger partial charge on any atom is 0.0783 e. The lowest BCUT2D eigenvalue weighted by molar-refractivity contribution is 0.0200. The zero-order valence-corrected chi connectivity index (χ0v) is 12.7. The summed E-state index contributed by atoms with van der Waals surface area (Å²) in [7, 11) is 0. The molecule has 1 fully saturated rings. The van der Waals surface area contributed by atoms with Gasteiger partial charge < -0.3 is 5.11 Å². The monoisotopic (exact) mass is 264 g/mol. The molecule has 0 radical (unpaired) electrons. The minimum atomic E-state index is -0.534. The zero-order valence-electron chi connectivity index (χ0n) is 11.9. The van der Waals surface area contributed by atoms with Gasteiger partial charge in [-0.2, -0.15) is 11.8 Å². The molecule has 0 bridgehead atoms. The van der Waals surface area contributed by atoms with E-state index in [-0.39, 0.29) is 5.41 Å². The van der Waals surface area contributed by atoms with Crippen LogP contribution < -0.4 is 0 Å². The average molecular weight is 264 g/mol. The zero-order chi connectivity index (χ0) is 13.4. The summed E-state index contributed by atoms with van der Waals surface area (Å²) in [6, 6.07) is 6.54. The largest absolute Gasteiger partial charge is 0.389 e. The Morgan fingerprint density at radius 3 is 2.50 bits per heavy atom. The Balaban J connectivity index is 2.14. The molecule has 0 aromatic heterocycles. The second kappa shape index (κ2) is 4.90. The molecule has 1 atom stereocenters. The van der Waals surface area contributed by atoms with Gasteiger partial charge in [-0.05, 0) is 48.1 Å². The van der Waals surface area contributed by atoms with Crippen LogP contribution in [0, 0.1) is 19.3 Å². The topological polar surface area (TPSA) is 20.2 Å². The summed E-state index contributed by atoms with van der Waals surface area (Å²) in [5.41, 5.74) is 3.62. The minimum absolute atomic E-state index is 0.247. The summed E-state index contributed by atoms with van der Waals surface area (Å²) < 4.78 is 0. The van der Waals surface area contributed by atoms with E-state index in [9.17, 15) is 5.11 Å². The normalized spacial score (nSPS) is 27.2. The fraction of sp³-hybridized carbons (Fsp3) is 0.625. The van der Waals surface area contributed by atoms with Crippen molar-refractivity contribution in [2.24, 2.45) is 5.41 Å². The smallest absolute Gasteiger partial charge is 0.0783 e. The van der Waals surface area contributed by atoms with Gasteiger partial charge in [-0.1, -0.05) is 32.0 Å². The van der Waals surface area contributed by atoms with Crippen LogP contribution in [0.15, 0.2) is 18.2 Å². The van der Waals surface area contributed by atoms with E-state index in [0.717, 1.165) is 24.3 Å². The summed E-state index contributed by atoms with van der Waals surface area (Å²) in [5, 5.41) is 10.8. The van der Waals surface area contributed by atoms with Gasteiger partial charge in [0.15, 0.2) is 0 Å². The highest BCUT2D eigenvalue weighted by molar-refractivity contribution is 7.99. The fourth-order valence-corrected chi connectivity index (χ4v) is 4.26. The molecule has 0 aliphatic carbocycles. The van der Waals surface area contributed by atoms with Gasteiger partial charge in [0.05, 0.1) is 5.60 Å². The van der Waals surface area contributed by atoms with E-state index in [2.05, 4.69) is 45.9 Å². The Labute approximate surface area is 115 Å². The maximum atomic E-state index is 10.8. The van der Waals surface area contributed by atoms with E-state index < -0.39 is 5.60 Å². The van der Waals surface area contributed by atoms with Crippen molar-refractivity contribution in [2.45, 2.75) is 46.1 Å². The predicted octanol–water partition coefficient (Wildman–Crippen LogP) is 3.74. The summed E-state index contributed by atoms with van der Waals surface area (Å²) in [6.45, 7) is 8.78. The van der Waals surface area contributed by atoms with E-state index in [4.69, 9.17) is 0 Å². The summed E-state index contributed by atoms with van der Waals surface area (Å²) in [5.74, 6) is 2.02. The Hall–Kier alpha value is -0.470. The maximum absolute atomic E-state index is 10.8. The van der Waals surface area contributed by atoms with Gasteiger partial charge in [-0.15, -0.1) is 0 Å². The highest BCUT2D eigenvalue weighted by Gasteiger charge is 2.38. The highest BCUT2D eigenvalue weighted by Crippen LogP contribution is 2.40. The van der Waals surface area contributed by atoms with Crippen molar-refractivity contribution in [3.63, 3.8) is 0 Å². The van der Waals surface area contributed by atoms with Gasteiger partial charge in [-0.3, -0.25) is 0 Å². The molecule has 1 N–H and O–H groups in total. The fourth-order valence-electron chi connectivity index (χ4n) is 2.92. The van der Waals surface area contributed by atoms with E-state index in [1.54, 1.807) is 0 Å². The van der Waals surface area contributed by atoms with Crippen LogP contribution in [0.5, 0.6) is 0 Å². The number of hydrogen-bond acceptors (Lipinski definition) is 2. The van der Waals surface area contributed by atoms with E-state index >= 15 is 0 Å². The Bertz CT molecular complexity index is 439. The molecule has 1 heterocycles. The average Bonchev–Trinajstić information content (AvgIpc) is 2.21. The Morgan fingerprint density at radius 2 is 1.89 bits per heavy atom. The van der Waals surface area contributed by atoms with Crippen molar-refractivity contribution in [1.29, 1.82) is 0 Å². The van der Waals surface area contributed by atoms with E-state index in [0.29, 0.717) is 0 Å². The molecule has 1 nitrogen and oxygen atoms in total. The molecule has 1 aromatic rings. The SMILES string of the molecule is Cc1ccc(CC2(O)CSCC(C)(C)C2)cc1C. The molecule has 0 spiro atoms. The molecule has 0 amide bonds. The second-order valence-corrected chi connectivity index (χ2v) is 7.64. The molecule has 1 aromatic carbocycles. The molecule has 2 heteroatoms. The van der Waals surface area contributed by atoms with Gasteiger partial charge in [0.1, 0.15) is 0 Å². The number of rotatable bonds is 2. The Morgan fingerprint density at radius 1 is 1.17 bits per heavy atom. The lowest BCUT2D eigenvalue weighted by atomic mass is 9.79. The molecule has 1 aliphatic heterocycles. The number of benzene rings is 1. The molecule has 18 heavy (non-hydrogen) atoms. The van der Waals surface area contributed by atoms with Crippen molar-refractivity contribution in [3.05, 3.63) is 34.9 Å². The first-order valence-electron chi connectivity index (χ1n) is 6.66. The van der Waals surface area contributed by atoms with Gasteiger partial charge in [0, 0.05) is 12.2 Å². The summed E-state index contributed by atoms with van der Waals surface area (Å²) in [6.07, 6.45) is 1.68. The van der Waals surface area contributed by atoms with Crippen molar-refractivity contribution >= 4 is 11.8 Å². The van der Waals surface area contributed by atoms with Crippen LogP contribution in [-0.2, 0) is 6.42 Å². The molecule has 1 saturated heterocycles. The van der Waals surface area contributed by atoms with Crippen LogP contribution in [0.2, 0.25) is 0 Å². The van der Waals surface area contributed by atoms with E-state index in [1.165, 1.54) is 16.7 Å². The van der Waals surface area contributed by atoms with Crippen LogP contribution in [-0.4, -0.2) is 22.2 Å². The standard InChI is InChI=1S/C16H24OS/c1-12-5-6-14(7-13(12)2)8-16(17)9-15(3,4)10-18-11-16/h5-7,17H,8-11H2,1-4H3. The van der Waals surface area contributed by atoms with Crippen LogP contribution in [0.1, 0.15) is 37.0 Å². The van der Waals surface area contributed by atoms with Gasteiger partial charge in [-0.25, -0.2) is 0 Å². The first kappa shape index (κ1) is 14.0. The highest BCUT2D eigenvalue weighted by atomic mass is 32.2. The van der Waals surface area contributed by atoms with Crippen molar-refractivity contribution in [1.82, 2.24) is 0 Å². The van der Waals surface area contributed by atoms with Gasteiger partial charge in [0.25, 0.3) is 0 Å². The molecular formula is C16H24OS. The lowest BCUT2D eigenvalue weighted by Gasteiger charge is -2.41. The van der Waals surface area contributed by atoms with E-state index in [1.807, 2.05) is 11.8 Å². The van der Waals surface area contributed by atoms with Crippen LogP contribution in [0.25, 0.3) is 0 Å². The first-order chi connectivity index (χ1) is 8.30. The summed E-state index contributed by atoms with van der Waals surface area (Å²) in [4.78, 5) is 0. The van der Waals surface area contributed by atoms with Gasteiger partial charge >= 0.3 is 0 Å². The summed E-state index contributed by atoms with van der Waals surface area (Å²) >= 11 is 1.89. The molecule has 100 valence electrons. The third kappa shape index (κ3) is 3.30. The molecular weight excluding hydrogens is 240 g/mol. The molecule has 2 rings (SSSR count).